The summed E-state index contributed by atoms with van der Waals surface area (Å²) in [5, 5.41) is 13.7. The van der Waals surface area contributed by atoms with Crippen molar-refractivity contribution in [2.45, 2.75) is 6.92 Å². The van der Waals surface area contributed by atoms with Gasteiger partial charge >= 0.3 is 0 Å². The molecule has 0 aliphatic rings. The number of methoxy groups -OCH3 is 1. The Balaban J connectivity index is 2.33. The first-order valence-electron chi connectivity index (χ1n) is 5.62. The summed E-state index contributed by atoms with van der Waals surface area (Å²) in [6.45, 7) is 1.95. The van der Waals surface area contributed by atoms with Gasteiger partial charge in [0.25, 0.3) is 5.69 Å². The number of aromatic nitrogens is 1. The minimum Gasteiger partial charge on any atom is -0.495 e. The first kappa shape index (κ1) is 12.8. The molecule has 2 aromatic rings. The first-order valence-corrected chi connectivity index (χ1v) is 5.62. The molecular formula is C13H13N3O3. The molecular weight excluding hydrogens is 246 g/mol. The zero-order valence-corrected chi connectivity index (χ0v) is 10.6. The van der Waals surface area contributed by atoms with Crippen molar-refractivity contribution in [1.29, 1.82) is 0 Å². The number of benzene rings is 1. The fourth-order valence-corrected chi connectivity index (χ4v) is 1.66. The van der Waals surface area contributed by atoms with E-state index >= 15 is 0 Å². The molecule has 98 valence electrons. The Kier molecular flexibility index (Phi) is 3.61. The molecule has 0 spiro atoms. The summed E-state index contributed by atoms with van der Waals surface area (Å²) in [6, 6.07) is 8.36. The largest absolute Gasteiger partial charge is 0.495 e. The summed E-state index contributed by atoms with van der Waals surface area (Å²) in [7, 11) is 1.57. The lowest BCUT2D eigenvalue weighted by Gasteiger charge is -2.11. The fourth-order valence-electron chi connectivity index (χ4n) is 1.66. The van der Waals surface area contributed by atoms with E-state index in [-0.39, 0.29) is 5.69 Å². The first-order chi connectivity index (χ1) is 9.10. The topological polar surface area (TPSA) is 77.3 Å². The Morgan fingerprint density at radius 2 is 2.11 bits per heavy atom. The molecule has 0 aliphatic carbocycles. The van der Waals surface area contributed by atoms with E-state index in [0.717, 1.165) is 11.3 Å². The molecule has 0 fully saturated rings. The van der Waals surface area contributed by atoms with E-state index in [2.05, 4.69) is 10.3 Å². The van der Waals surface area contributed by atoms with Gasteiger partial charge in [-0.2, -0.15) is 0 Å². The van der Waals surface area contributed by atoms with Crippen molar-refractivity contribution in [3.8, 4) is 5.75 Å². The molecule has 1 heterocycles. The van der Waals surface area contributed by atoms with Crippen LogP contribution in [0.5, 0.6) is 5.75 Å². The van der Waals surface area contributed by atoms with E-state index < -0.39 is 4.92 Å². The van der Waals surface area contributed by atoms with Gasteiger partial charge < -0.3 is 10.1 Å². The molecule has 0 radical (unpaired) electrons. The van der Waals surface area contributed by atoms with Crippen molar-refractivity contribution in [3.05, 3.63) is 52.2 Å². The molecule has 1 aromatic heterocycles. The Hall–Kier alpha value is -2.63. The van der Waals surface area contributed by atoms with Crippen LogP contribution in [0.3, 0.4) is 0 Å². The molecule has 0 aliphatic heterocycles. The average Bonchev–Trinajstić information content (AvgIpc) is 2.39. The molecule has 19 heavy (non-hydrogen) atoms. The van der Waals surface area contributed by atoms with Gasteiger partial charge in [0.1, 0.15) is 11.6 Å². The monoisotopic (exact) mass is 259 g/mol. The van der Waals surface area contributed by atoms with Crippen LogP contribution >= 0.6 is 0 Å². The van der Waals surface area contributed by atoms with Crippen LogP contribution < -0.4 is 10.1 Å². The zero-order chi connectivity index (χ0) is 13.8. The van der Waals surface area contributed by atoms with Gasteiger partial charge in [0.05, 0.1) is 23.8 Å². The molecule has 0 unspecified atom stereocenters. The quantitative estimate of drug-likeness (QED) is 0.674. The smallest absolute Gasteiger partial charge is 0.274 e. The molecule has 0 atom stereocenters. The Labute approximate surface area is 110 Å². The van der Waals surface area contributed by atoms with Crippen molar-refractivity contribution in [2.75, 3.05) is 12.4 Å². The highest BCUT2D eigenvalue weighted by Crippen LogP contribution is 2.28. The summed E-state index contributed by atoms with van der Waals surface area (Å²) >= 11 is 0. The highest BCUT2D eigenvalue weighted by atomic mass is 16.6. The number of hydrogen-bond acceptors (Lipinski definition) is 5. The number of nitro groups is 1. The summed E-state index contributed by atoms with van der Waals surface area (Å²) < 4.78 is 5.23. The van der Waals surface area contributed by atoms with Crippen molar-refractivity contribution in [2.24, 2.45) is 0 Å². The second-order valence-corrected chi connectivity index (χ2v) is 3.99. The molecule has 6 heteroatoms. The summed E-state index contributed by atoms with van der Waals surface area (Å²) in [5.41, 5.74) is 1.76. The molecule has 1 N–H and O–H groups in total. The maximum atomic E-state index is 10.7. The SMILES string of the molecule is COc1ccc(C)cc1Nc1cc([N+](=O)[O-])ccn1. The second kappa shape index (κ2) is 5.34. The Morgan fingerprint density at radius 3 is 2.79 bits per heavy atom. The van der Waals surface area contributed by atoms with Gasteiger partial charge in [-0.05, 0) is 24.6 Å². The normalized spacial score (nSPS) is 10.0. The van der Waals surface area contributed by atoms with Crippen molar-refractivity contribution < 1.29 is 9.66 Å². The molecule has 0 bridgehead atoms. The number of hydrogen-bond donors (Lipinski definition) is 1. The molecule has 2 rings (SSSR count). The van der Waals surface area contributed by atoms with E-state index in [0.29, 0.717) is 11.6 Å². The lowest BCUT2D eigenvalue weighted by Crippen LogP contribution is -1.98. The maximum Gasteiger partial charge on any atom is 0.274 e. The molecule has 0 amide bonds. The minimum atomic E-state index is -0.458. The van der Waals surface area contributed by atoms with Crippen molar-refractivity contribution in [1.82, 2.24) is 4.98 Å². The number of nitrogens with zero attached hydrogens (tertiary/aromatic N) is 2. The highest BCUT2D eigenvalue weighted by Gasteiger charge is 2.09. The third-order valence-electron chi connectivity index (χ3n) is 2.57. The number of ether oxygens (including phenoxy) is 1. The number of nitrogens with one attached hydrogen (secondary N) is 1. The lowest BCUT2D eigenvalue weighted by molar-refractivity contribution is -0.384. The number of aryl methyl sites for hydroxylation is 1. The lowest BCUT2D eigenvalue weighted by atomic mass is 10.2. The third-order valence-corrected chi connectivity index (χ3v) is 2.57. The predicted molar refractivity (Wildman–Crippen MR) is 71.9 cm³/mol. The van der Waals surface area contributed by atoms with Gasteiger partial charge in [-0.25, -0.2) is 4.98 Å². The second-order valence-electron chi connectivity index (χ2n) is 3.99. The van der Waals surface area contributed by atoms with Gasteiger partial charge in [-0.1, -0.05) is 6.07 Å². The van der Waals surface area contributed by atoms with E-state index in [4.69, 9.17) is 4.74 Å². The molecule has 6 nitrogen and oxygen atoms in total. The van der Waals surface area contributed by atoms with E-state index in [9.17, 15) is 10.1 Å². The number of pyridine rings is 1. The summed E-state index contributed by atoms with van der Waals surface area (Å²) in [5.74, 6) is 1.05. The zero-order valence-electron chi connectivity index (χ0n) is 10.6. The number of rotatable bonds is 4. The standard InChI is InChI=1S/C13H13N3O3/c1-9-3-4-12(19-2)11(7-9)15-13-8-10(16(17)18)5-6-14-13/h3-8H,1-2H3,(H,14,15). The van der Waals surface area contributed by atoms with Crippen LogP contribution in [0.4, 0.5) is 17.2 Å². The Morgan fingerprint density at radius 1 is 1.32 bits per heavy atom. The Bertz CT molecular complexity index is 614. The maximum absolute atomic E-state index is 10.7. The molecule has 0 saturated carbocycles. The summed E-state index contributed by atoms with van der Waals surface area (Å²) in [4.78, 5) is 14.3. The van der Waals surface area contributed by atoms with Crippen molar-refractivity contribution >= 4 is 17.2 Å². The third kappa shape index (κ3) is 2.98. The van der Waals surface area contributed by atoms with E-state index in [1.165, 1.54) is 18.3 Å². The van der Waals surface area contributed by atoms with Gasteiger partial charge in [0.2, 0.25) is 0 Å². The van der Waals surface area contributed by atoms with Crippen LogP contribution in [0.2, 0.25) is 0 Å². The van der Waals surface area contributed by atoms with Crippen molar-refractivity contribution in [3.63, 3.8) is 0 Å². The van der Waals surface area contributed by atoms with Crippen LogP contribution in [0, 0.1) is 17.0 Å². The predicted octanol–water partition coefficient (Wildman–Crippen LogP) is 3.05. The minimum absolute atomic E-state index is 0.0101. The molecule has 1 aromatic carbocycles. The van der Waals surface area contributed by atoms with Crippen LogP contribution in [-0.4, -0.2) is 17.0 Å². The van der Waals surface area contributed by atoms with Gasteiger partial charge in [0.15, 0.2) is 0 Å². The van der Waals surface area contributed by atoms with Gasteiger partial charge in [-0.15, -0.1) is 0 Å². The van der Waals surface area contributed by atoms with E-state index in [1.54, 1.807) is 7.11 Å². The van der Waals surface area contributed by atoms with Crippen LogP contribution in [0.25, 0.3) is 0 Å². The van der Waals surface area contributed by atoms with Gasteiger partial charge in [-0.3, -0.25) is 10.1 Å². The number of anilines is 2. The van der Waals surface area contributed by atoms with E-state index in [1.807, 2.05) is 25.1 Å². The highest BCUT2D eigenvalue weighted by molar-refractivity contribution is 5.66. The van der Waals surface area contributed by atoms with Crippen LogP contribution in [0.1, 0.15) is 5.56 Å². The van der Waals surface area contributed by atoms with Gasteiger partial charge in [0, 0.05) is 12.3 Å². The average molecular weight is 259 g/mol. The van der Waals surface area contributed by atoms with Crippen LogP contribution in [0.15, 0.2) is 36.5 Å². The van der Waals surface area contributed by atoms with Crippen LogP contribution in [-0.2, 0) is 0 Å². The fraction of sp³-hybridized carbons (Fsp3) is 0.154. The molecule has 0 saturated heterocycles. The summed E-state index contributed by atoms with van der Waals surface area (Å²) in [6.07, 6.45) is 1.39.